The Hall–Kier alpha value is -3.01. The van der Waals surface area contributed by atoms with Crippen molar-refractivity contribution in [3.8, 4) is 17.4 Å². The zero-order chi connectivity index (χ0) is 22.1. The fraction of sp³-hybridized carbons (Fsp3) is 0.400. The number of pyridine rings is 1. The summed E-state index contributed by atoms with van der Waals surface area (Å²) in [5.41, 5.74) is 1.37. The van der Waals surface area contributed by atoms with Crippen molar-refractivity contribution in [1.29, 1.82) is 0 Å². The molecule has 2 heterocycles. The van der Waals surface area contributed by atoms with E-state index in [9.17, 15) is 23.1 Å². The van der Waals surface area contributed by atoms with Crippen LogP contribution in [0.2, 0.25) is 0 Å². The monoisotopic (exact) mass is 426 g/mol. The second-order valence-electron chi connectivity index (χ2n) is 7.04. The molecule has 162 valence electrons. The average molecular weight is 426 g/mol. The lowest BCUT2D eigenvalue weighted by Gasteiger charge is -2.19. The third-order valence-corrected chi connectivity index (χ3v) is 4.48. The summed E-state index contributed by atoms with van der Waals surface area (Å²) in [6.07, 6.45) is -4.09. The minimum absolute atomic E-state index is 0.0416. The van der Waals surface area contributed by atoms with Gasteiger partial charge in [0.1, 0.15) is 17.1 Å². The van der Waals surface area contributed by atoms with Gasteiger partial charge in [-0.2, -0.15) is 0 Å². The zero-order valence-corrected chi connectivity index (χ0v) is 16.6. The number of alkyl halides is 3. The van der Waals surface area contributed by atoms with Crippen molar-refractivity contribution >= 4 is 11.7 Å². The van der Waals surface area contributed by atoms with E-state index in [1.165, 1.54) is 26.0 Å². The summed E-state index contributed by atoms with van der Waals surface area (Å²) in [6.45, 7) is 5.80. The number of aryl methyl sites for hydroxylation is 3. The van der Waals surface area contributed by atoms with E-state index in [0.29, 0.717) is 35.7 Å². The minimum Gasteiger partial charge on any atom is -0.477 e. The van der Waals surface area contributed by atoms with Crippen LogP contribution in [0.4, 0.5) is 18.9 Å². The van der Waals surface area contributed by atoms with Crippen molar-refractivity contribution < 1.29 is 37.3 Å². The van der Waals surface area contributed by atoms with Crippen LogP contribution in [-0.4, -0.2) is 41.7 Å². The van der Waals surface area contributed by atoms with Crippen molar-refractivity contribution in [2.75, 3.05) is 18.5 Å². The van der Waals surface area contributed by atoms with Crippen molar-refractivity contribution in [2.24, 2.45) is 0 Å². The highest BCUT2D eigenvalue weighted by Crippen LogP contribution is 2.36. The number of hydrogen-bond donors (Lipinski definition) is 2. The largest absolute Gasteiger partial charge is 0.573 e. The molecule has 2 N–H and O–H groups in total. The Morgan fingerprint density at radius 3 is 2.43 bits per heavy atom. The Bertz CT molecular complexity index is 933. The van der Waals surface area contributed by atoms with Crippen molar-refractivity contribution in [2.45, 2.75) is 39.6 Å². The number of nitrogens with one attached hydrogen (secondary N) is 1. The molecule has 1 aliphatic rings. The molecule has 1 fully saturated rings. The lowest BCUT2D eigenvalue weighted by Crippen LogP contribution is -2.21. The number of carboxylic acid groups (broad SMARTS) is 1. The van der Waals surface area contributed by atoms with E-state index in [4.69, 9.17) is 9.47 Å². The standard InChI is InChI=1S/C20H21F3N2O5/c1-10-6-14(30-20(21,22)23)7-11(2)17(10)29-18-16(19(26)27)15(8-12(3)24-18)25-13-4-5-28-9-13/h6-8,13H,4-5,9H2,1-3H3,(H,24,25)(H,26,27). The molecule has 0 saturated carbocycles. The molecular weight excluding hydrogens is 405 g/mol. The highest BCUT2D eigenvalue weighted by molar-refractivity contribution is 5.97. The predicted octanol–water partition coefficient (Wildman–Crippen LogP) is 4.60. The second kappa shape index (κ2) is 8.39. The number of rotatable bonds is 6. The Morgan fingerprint density at radius 1 is 1.23 bits per heavy atom. The number of carboxylic acids is 1. The second-order valence-corrected chi connectivity index (χ2v) is 7.04. The van der Waals surface area contributed by atoms with Crippen LogP contribution in [0.3, 0.4) is 0 Å². The number of anilines is 1. The Balaban J connectivity index is 1.98. The van der Waals surface area contributed by atoms with Gasteiger partial charge >= 0.3 is 12.3 Å². The summed E-state index contributed by atoms with van der Waals surface area (Å²) >= 11 is 0. The zero-order valence-electron chi connectivity index (χ0n) is 16.6. The third-order valence-electron chi connectivity index (χ3n) is 4.48. The van der Waals surface area contributed by atoms with E-state index < -0.39 is 12.3 Å². The molecule has 0 radical (unpaired) electrons. The van der Waals surface area contributed by atoms with Gasteiger partial charge in [0.2, 0.25) is 5.88 Å². The molecule has 1 aliphatic heterocycles. The molecule has 10 heteroatoms. The third kappa shape index (κ3) is 5.12. The summed E-state index contributed by atoms with van der Waals surface area (Å²) in [7, 11) is 0. The predicted molar refractivity (Wildman–Crippen MR) is 101 cm³/mol. The molecule has 2 aromatic rings. The molecule has 1 unspecified atom stereocenters. The van der Waals surface area contributed by atoms with Crippen molar-refractivity contribution in [3.63, 3.8) is 0 Å². The molecule has 1 aromatic heterocycles. The van der Waals surface area contributed by atoms with Crippen LogP contribution >= 0.6 is 0 Å². The van der Waals surface area contributed by atoms with Crippen LogP contribution in [0.5, 0.6) is 17.4 Å². The summed E-state index contributed by atoms with van der Waals surface area (Å²) in [4.78, 5) is 16.2. The van der Waals surface area contributed by atoms with E-state index in [2.05, 4.69) is 15.0 Å². The SMILES string of the molecule is Cc1cc(NC2CCOC2)c(C(=O)O)c(Oc2c(C)cc(OC(F)(F)F)cc2C)n1. The first-order chi connectivity index (χ1) is 14.0. The first kappa shape index (κ1) is 21.7. The van der Waals surface area contributed by atoms with Gasteiger partial charge in [0.15, 0.2) is 0 Å². The lowest BCUT2D eigenvalue weighted by molar-refractivity contribution is -0.274. The van der Waals surface area contributed by atoms with Gasteiger partial charge < -0.3 is 24.6 Å². The van der Waals surface area contributed by atoms with Crippen molar-refractivity contribution in [1.82, 2.24) is 4.98 Å². The fourth-order valence-corrected chi connectivity index (χ4v) is 3.27. The Kier molecular flexibility index (Phi) is 6.06. The van der Waals surface area contributed by atoms with Gasteiger partial charge in [-0.15, -0.1) is 13.2 Å². The summed E-state index contributed by atoms with van der Waals surface area (Å²) in [6, 6.07) is 3.90. The average Bonchev–Trinajstić information content (AvgIpc) is 3.09. The number of benzene rings is 1. The van der Waals surface area contributed by atoms with Crippen LogP contribution < -0.4 is 14.8 Å². The molecule has 1 saturated heterocycles. The van der Waals surface area contributed by atoms with Gasteiger partial charge in [-0.25, -0.2) is 9.78 Å². The summed E-state index contributed by atoms with van der Waals surface area (Å²) < 4.78 is 52.6. The van der Waals surface area contributed by atoms with Gasteiger partial charge in [-0.05, 0) is 56.5 Å². The molecule has 0 amide bonds. The van der Waals surface area contributed by atoms with Crippen LogP contribution in [0, 0.1) is 20.8 Å². The van der Waals surface area contributed by atoms with Gasteiger partial charge in [0.05, 0.1) is 18.3 Å². The van der Waals surface area contributed by atoms with Crippen LogP contribution in [0.15, 0.2) is 18.2 Å². The molecule has 0 spiro atoms. The summed E-state index contributed by atoms with van der Waals surface area (Å²) in [5, 5.41) is 12.9. The maximum absolute atomic E-state index is 12.5. The van der Waals surface area contributed by atoms with E-state index in [1.54, 1.807) is 13.0 Å². The first-order valence-corrected chi connectivity index (χ1v) is 9.17. The van der Waals surface area contributed by atoms with Crippen molar-refractivity contribution in [3.05, 3.63) is 40.6 Å². The minimum atomic E-state index is -4.82. The van der Waals surface area contributed by atoms with E-state index in [-0.39, 0.29) is 29.0 Å². The highest BCUT2D eigenvalue weighted by Gasteiger charge is 2.32. The number of ether oxygens (including phenoxy) is 3. The number of aromatic nitrogens is 1. The summed E-state index contributed by atoms with van der Waals surface area (Å²) in [5.74, 6) is -1.57. The molecule has 3 rings (SSSR count). The van der Waals surface area contributed by atoms with Gasteiger partial charge in [0, 0.05) is 12.3 Å². The molecule has 1 aromatic carbocycles. The smallest absolute Gasteiger partial charge is 0.477 e. The van der Waals surface area contributed by atoms with Gasteiger partial charge in [-0.1, -0.05) is 0 Å². The number of carbonyl (C=O) groups is 1. The quantitative estimate of drug-likeness (QED) is 0.698. The van der Waals surface area contributed by atoms with Crippen LogP contribution in [-0.2, 0) is 4.74 Å². The van der Waals surface area contributed by atoms with Gasteiger partial charge in [-0.3, -0.25) is 0 Å². The number of aromatic carboxylic acids is 1. The number of hydrogen-bond acceptors (Lipinski definition) is 6. The normalized spacial score (nSPS) is 16.4. The highest BCUT2D eigenvalue weighted by atomic mass is 19.4. The molecule has 1 atom stereocenters. The molecule has 7 nitrogen and oxygen atoms in total. The maximum atomic E-state index is 12.5. The Labute approximate surface area is 170 Å². The fourth-order valence-electron chi connectivity index (χ4n) is 3.27. The molecule has 30 heavy (non-hydrogen) atoms. The topological polar surface area (TPSA) is 89.9 Å². The molecule has 0 bridgehead atoms. The van der Waals surface area contributed by atoms with E-state index in [1.807, 2.05) is 0 Å². The molecular formula is C20H21F3N2O5. The van der Waals surface area contributed by atoms with Crippen LogP contribution in [0.25, 0.3) is 0 Å². The number of halogens is 3. The van der Waals surface area contributed by atoms with E-state index >= 15 is 0 Å². The maximum Gasteiger partial charge on any atom is 0.573 e. The van der Waals surface area contributed by atoms with Gasteiger partial charge in [0.25, 0.3) is 0 Å². The lowest BCUT2D eigenvalue weighted by atomic mass is 10.1. The van der Waals surface area contributed by atoms with Crippen LogP contribution in [0.1, 0.15) is 33.6 Å². The number of nitrogens with zero attached hydrogens (tertiary/aromatic N) is 1. The molecule has 0 aliphatic carbocycles. The Morgan fingerprint density at radius 2 is 1.90 bits per heavy atom. The first-order valence-electron chi connectivity index (χ1n) is 9.17. The van der Waals surface area contributed by atoms with E-state index in [0.717, 1.165) is 6.42 Å².